The van der Waals surface area contributed by atoms with E-state index >= 15 is 0 Å². The van der Waals surface area contributed by atoms with Crippen molar-refractivity contribution in [3.63, 3.8) is 0 Å². The largest absolute Gasteiger partial charge is 0.497 e. The number of carbonyl (C=O) groups excluding carboxylic acids is 1. The first-order chi connectivity index (χ1) is 17.5. The minimum absolute atomic E-state index is 0.146. The molecule has 0 bridgehead atoms. The van der Waals surface area contributed by atoms with Gasteiger partial charge in [-0.3, -0.25) is 9.10 Å². The molecule has 1 amide bonds. The molecule has 0 saturated carbocycles. The number of nitrogens with one attached hydrogen (secondary N) is 1. The van der Waals surface area contributed by atoms with Crippen molar-refractivity contribution in [3.05, 3.63) is 89.5 Å². The first-order valence-corrected chi connectivity index (χ1v) is 14.1. The van der Waals surface area contributed by atoms with Crippen molar-refractivity contribution >= 4 is 21.6 Å². The lowest BCUT2D eigenvalue weighted by Crippen LogP contribution is -2.42. The lowest BCUT2D eigenvalue weighted by molar-refractivity contribution is -0.120. The number of anilines is 1. The fourth-order valence-corrected chi connectivity index (χ4v) is 5.56. The van der Waals surface area contributed by atoms with Gasteiger partial charge < -0.3 is 10.1 Å². The molecule has 3 aromatic rings. The van der Waals surface area contributed by atoms with Gasteiger partial charge in [-0.25, -0.2) is 8.42 Å². The number of aryl methyl sites for hydroxylation is 1. The van der Waals surface area contributed by atoms with Gasteiger partial charge in [0.25, 0.3) is 10.0 Å². The molecule has 0 radical (unpaired) electrons. The second kappa shape index (κ2) is 12.3. The van der Waals surface area contributed by atoms with Crippen LogP contribution in [0.4, 0.5) is 5.69 Å². The van der Waals surface area contributed by atoms with E-state index in [-0.39, 0.29) is 23.4 Å². The van der Waals surface area contributed by atoms with Gasteiger partial charge in [-0.05, 0) is 72.7 Å². The van der Waals surface area contributed by atoms with E-state index in [9.17, 15) is 13.2 Å². The Morgan fingerprint density at radius 2 is 1.43 bits per heavy atom. The number of methoxy groups -OCH3 is 1. The Labute approximate surface area is 221 Å². The molecule has 6 nitrogen and oxygen atoms in total. The summed E-state index contributed by atoms with van der Waals surface area (Å²) in [6, 6.07) is 21.4. The van der Waals surface area contributed by atoms with Gasteiger partial charge in [0.2, 0.25) is 5.91 Å². The summed E-state index contributed by atoms with van der Waals surface area (Å²) >= 11 is 0. The summed E-state index contributed by atoms with van der Waals surface area (Å²) in [4.78, 5) is 13.5. The van der Waals surface area contributed by atoms with E-state index in [1.807, 2.05) is 43.3 Å². The molecular formula is C30H38N2O4S. The first kappa shape index (κ1) is 28.3. The third-order valence-electron chi connectivity index (χ3n) is 6.30. The number of rotatable bonds is 11. The summed E-state index contributed by atoms with van der Waals surface area (Å²) in [6.07, 6.45) is 0.714. The number of hydrogen-bond donors (Lipinski definition) is 1. The molecule has 3 rings (SSSR count). The zero-order valence-electron chi connectivity index (χ0n) is 22.6. The Morgan fingerprint density at radius 3 is 1.95 bits per heavy atom. The summed E-state index contributed by atoms with van der Waals surface area (Å²) in [5.41, 5.74) is 3.44. The average Bonchev–Trinajstić information content (AvgIpc) is 2.87. The van der Waals surface area contributed by atoms with Crippen molar-refractivity contribution in [2.75, 3.05) is 18.0 Å². The van der Waals surface area contributed by atoms with Crippen LogP contribution in [0.5, 0.6) is 5.75 Å². The van der Waals surface area contributed by atoms with Crippen molar-refractivity contribution < 1.29 is 17.9 Å². The number of hydrogen-bond acceptors (Lipinski definition) is 4. The van der Waals surface area contributed by atoms with Gasteiger partial charge >= 0.3 is 0 Å². The average molecular weight is 523 g/mol. The second-order valence-corrected chi connectivity index (χ2v) is 12.0. The summed E-state index contributed by atoms with van der Waals surface area (Å²) in [5, 5.41) is 3.08. The van der Waals surface area contributed by atoms with Gasteiger partial charge in [-0.1, -0.05) is 69.7 Å². The summed E-state index contributed by atoms with van der Waals surface area (Å²) in [7, 11) is -2.37. The Bertz CT molecular complexity index is 1270. The van der Waals surface area contributed by atoms with Gasteiger partial charge in [-0.15, -0.1) is 0 Å². The fourth-order valence-electron chi connectivity index (χ4n) is 4.13. The topological polar surface area (TPSA) is 75.7 Å². The zero-order chi connectivity index (χ0) is 27.2. The second-order valence-electron chi connectivity index (χ2n) is 10.1. The molecule has 0 fully saturated rings. The minimum atomic E-state index is -3.98. The molecular weight excluding hydrogens is 484 g/mol. The van der Waals surface area contributed by atoms with E-state index < -0.39 is 10.0 Å². The van der Waals surface area contributed by atoms with Gasteiger partial charge in [0.1, 0.15) is 12.3 Å². The third-order valence-corrected chi connectivity index (χ3v) is 8.09. The van der Waals surface area contributed by atoms with Crippen LogP contribution in [-0.4, -0.2) is 28.0 Å². The molecule has 7 heteroatoms. The van der Waals surface area contributed by atoms with Crippen LogP contribution in [0.3, 0.4) is 0 Å². The fraction of sp³-hybridized carbons (Fsp3) is 0.367. The van der Waals surface area contributed by atoms with Crippen LogP contribution in [0.2, 0.25) is 0 Å². The number of sulfonamides is 1. The van der Waals surface area contributed by atoms with E-state index in [2.05, 4.69) is 33.0 Å². The molecule has 1 N–H and O–H groups in total. The van der Waals surface area contributed by atoms with E-state index in [0.29, 0.717) is 23.9 Å². The molecule has 0 aromatic heterocycles. The van der Waals surface area contributed by atoms with Crippen molar-refractivity contribution in [1.29, 1.82) is 0 Å². The van der Waals surface area contributed by atoms with Crippen LogP contribution >= 0.6 is 0 Å². The molecule has 37 heavy (non-hydrogen) atoms. The van der Waals surface area contributed by atoms with Crippen LogP contribution in [0, 0.1) is 12.8 Å². The maximum Gasteiger partial charge on any atom is 0.264 e. The molecule has 1 atom stereocenters. The molecule has 0 spiro atoms. The number of amides is 1. The highest BCUT2D eigenvalue weighted by Gasteiger charge is 2.28. The van der Waals surface area contributed by atoms with Crippen LogP contribution in [0.1, 0.15) is 62.8 Å². The molecule has 198 valence electrons. The number of ether oxygens (including phenoxy) is 1. The van der Waals surface area contributed by atoms with Crippen molar-refractivity contribution in [2.45, 2.75) is 57.9 Å². The lowest BCUT2D eigenvalue weighted by Gasteiger charge is -2.27. The van der Waals surface area contributed by atoms with Crippen LogP contribution in [0.25, 0.3) is 0 Å². The van der Waals surface area contributed by atoms with Crippen LogP contribution in [-0.2, 0) is 14.8 Å². The van der Waals surface area contributed by atoms with Gasteiger partial charge in [0.05, 0.1) is 23.7 Å². The molecule has 0 aliphatic rings. The quantitative estimate of drug-likeness (QED) is 0.324. The maximum atomic E-state index is 13.7. The summed E-state index contributed by atoms with van der Waals surface area (Å²) in [5.74, 6) is 0.993. The first-order valence-electron chi connectivity index (χ1n) is 12.6. The highest BCUT2D eigenvalue weighted by atomic mass is 32.2. The van der Waals surface area contributed by atoms with Crippen molar-refractivity contribution in [3.8, 4) is 5.75 Å². The molecule has 0 unspecified atom stereocenters. The van der Waals surface area contributed by atoms with Gasteiger partial charge in [0, 0.05) is 0 Å². The van der Waals surface area contributed by atoms with E-state index in [0.717, 1.165) is 22.4 Å². The van der Waals surface area contributed by atoms with Crippen molar-refractivity contribution in [2.24, 2.45) is 5.92 Å². The molecule has 3 aromatic carbocycles. The zero-order valence-corrected chi connectivity index (χ0v) is 23.4. The Morgan fingerprint density at radius 1 is 0.865 bits per heavy atom. The minimum Gasteiger partial charge on any atom is -0.497 e. The van der Waals surface area contributed by atoms with E-state index in [1.165, 1.54) is 4.31 Å². The molecule has 0 heterocycles. The number of nitrogens with zero attached hydrogens (tertiary/aromatic N) is 1. The predicted molar refractivity (Wildman–Crippen MR) is 150 cm³/mol. The smallest absolute Gasteiger partial charge is 0.264 e. The van der Waals surface area contributed by atoms with Gasteiger partial charge in [0.15, 0.2) is 0 Å². The Hall–Kier alpha value is -3.32. The molecule has 0 aliphatic heterocycles. The Balaban J connectivity index is 1.93. The summed E-state index contributed by atoms with van der Waals surface area (Å²) in [6.45, 7) is 9.91. The highest BCUT2D eigenvalue weighted by molar-refractivity contribution is 7.92. The SMILES string of the molecule is COc1ccc([C@H](CC(C)C)NC(=O)CN(c2ccc(C(C)C)cc2)S(=O)(=O)c2ccc(C)cc2)cc1. The Kier molecular flexibility index (Phi) is 9.38. The molecule has 0 aliphatic carbocycles. The molecule has 0 saturated heterocycles. The van der Waals surface area contributed by atoms with Crippen molar-refractivity contribution in [1.82, 2.24) is 5.32 Å². The number of carbonyl (C=O) groups is 1. The summed E-state index contributed by atoms with van der Waals surface area (Å²) < 4.78 is 33.9. The van der Waals surface area contributed by atoms with E-state index in [1.54, 1.807) is 43.5 Å². The van der Waals surface area contributed by atoms with E-state index in [4.69, 9.17) is 4.74 Å². The van der Waals surface area contributed by atoms with Crippen LogP contribution < -0.4 is 14.4 Å². The predicted octanol–water partition coefficient (Wildman–Crippen LogP) is 6.23. The van der Waals surface area contributed by atoms with Gasteiger partial charge in [-0.2, -0.15) is 0 Å². The third kappa shape index (κ3) is 7.35. The standard InChI is InChI=1S/C30H38N2O4S/c1-21(2)19-29(25-11-15-27(36-6)16-12-25)31-30(33)20-32(26-13-9-24(10-14-26)22(3)4)37(34,35)28-17-7-23(5)8-18-28/h7-18,21-22,29H,19-20H2,1-6H3,(H,31,33)/t29-/m0/s1. The number of benzene rings is 3. The van der Waals surface area contributed by atoms with Crippen LogP contribution in [0.15, 0.2) is 77.7 Å². The lowest BCUT2D eigenvalue weighted by atomic mass is 9.97. The monoisotopic (exact) mass is 522 g/mol. The maximum absolute atomic E-state index is 13.7. The normalized spacial score (nSPS) is 12.4. The highest BCUT2D eigenvalue weighted by Crippen LogP contribution is 2.27.